The Balaban J connectivity index is 1.58. The van der Waals surface area contributed by atoms with Gasteiger partial charge in [0.2, 0.25) is 5.91 Å². The molecule has 0 unspecified atom stereocenters. The van der Waals surface area contributed by atoms with E-state index < -0.39 is 0 Å². The first kappa shape index (κ1) is 18.0. The Morgan fingerprint density at radius 1 is 1.15 bits per heavy atom. The average molecular weight is 367 g/mol. The molecule has 1 fully saturated rings. The van der Waals surface area contributed by atoms with Crippen LogP contribution in [0.4, 0.5) is 5.82 Å². The third-order valence-corrected chi connectivity index (χ3v) is 5.71. The van der Waals surface area contributed by atoms with Gasteiger partial charge < -0.3 is 14.4 Å². The summed E-state index contributed by atoms with van der Waals surface area (Å²) in [5.41, 5.74) is 2.28. The Hall–Kier alpha value is -2.37. The summed E-state index contributed by atoms with van der Waals surface area (Å²) in [4.78, 5) is 27.1. The second-order valence-electron chi connectivity index (χ2n) is 7.66. The van der Waals surface area contributed by atoms with Crippen LogP contribution in [-0.2, 0) is 17.8 Å². The van der Waals surface area contributed by atoms with E-state index in [-0.39, 0.29) is 11.9 Å². The third kappa shape index (κ3) is 3.57. The van der Waals surface area contributed by atoms with E-state index in [1.807, 2.05) is 40.9 Å². The SMILES string of the molecule is CCC[C@H](C(=O)N1CCc2c(nc(C)nc2N2CCCC2)C1)n1cccc1. The van der Waals surface area contributed by atoms with Gasteiger partial charge in [0.25, 0.3) is 0 Å². The maximum absolute atomic E-state index is 13.3. The minimum Gasteiger partial charge on any atom is -0.356 e. The van der Waals surface area contributed by atoms with Crippen LogP contribution in [0, 0.1) is 6.92 Å². The van der Waals surface area contributed by atoms with E-state index in [9.17, 15) is 4.79 Å². The van der Waals surface area contributed by atoms with Gasteiger partial charge in [0.05, 0.1) is 12.2 Å². The van der Waals surface area contributed by atoms with Gasteiger partial charge in [0.1, 0.15) is 17.7 Å². The molecule has 1 atom stereocenters. The van der Waals surface area contributed by atoms with Crippen molar-refractivity contribution in [3.8, 4) is 0 Å². The molecular weight excluding hydrogens is 338 g/mol. The number of anilines is 1. The molecule has 0 bridgehead atoms. The smallest absolute Gasteiger partial charge is 0.245 e. The van der Waals surface area contributed by atoms with Crippen molar-refractivity contribution < 1.29 is 4.79 Å². The molecule has 0 aliphatic carbocycles. The zero-order chi connectivity index (χ0) is 18.8. The largest absolute Gasteiger partial charge is 0.356 e. The second kappa shape index (κ2) is 7.71. The highest BCUT2D eigenvalue weighted by Crippen LogP contribution is 2.30. The third-order valence-electron chi connectivity index (χ3n) is 5.71. The zero-order valence-electron chi connectivity index (χ0n) is 16.4. The van der Waals surface area contributed by atoms with Gasteiger partial charge in [-0.2, -0.15) is 0 Å². The van der Waals surface area contributed by atoms with E-state index in [2.05, 4.69) is 11.8 Å². The van der Waals surface area contributed by atoms with Crippen molar-refractivity contribution >= 4 is 11.7 Å². The molecular formula is C21H29N5O. The normalized spacial score (nSPS) is 17.9. The summed E-state index contributed by atoms with van der Waals surface area (Å²) in [7, 11) is 0. The van der Waals surface area contributed by atoms with Gasteiger partial charge in [-0.1, -0.05) is 13.3 Å². The average Bonchev–Trinajstić information content (AvgIpc) is 3.38. The van der Waals surface area contributed by atoms with Crippen LogP contribution in [0.3, 0.4) is 0 Å². The van der Waals surface area contributed by atoms with E-state index in [1.54, 1.807) is 0 Å². The van der Waals surface area contributed by atoms with Gasteiger partial charge >= 0.3 is 0 Å². The lowest BCUT2D eigenvalue weighted by molar-refractivity contribution is -0.136. The van der Waals surface area contributed by atoms with Gasteiger partial charge in [-0.3, -0.25) is 4.79 Å². The van der Waals surface area contributed by atoms with E-state index in [1.165, 1.54) is 18.4 Å². The Morgan fingerprint density at radius 2 is 1.89 bits per heavy atom. The Labute approximate surface area is 161 Å². The number of fused-ring (bicyclic) bond motifs is 1. The first-order valence-corrected chi connectivity index (χ1v) is 10.2. The van der Waals surface area contributed by atoms with Crippen molar-refractivity contribution in [2.45, 2.75) is 58.5 Å². The predicted molar refractivity (Wildman–Crippen MR) is 106 cm³/mol. The summed E-state index contributed by atoms with van der Waals surface area (Å²) in [6.07, 6.45) is 9.15. The summed E-state index contributed by atoms with van der Waals surface area (Å²) >= 11 is 0. The highest BCUT2D eigenvalue weighted by Gasteiger charge is 2.31. The minimum absolute atomic E-state index is 0.118. The molecule has 2 aliphatic heterocycles. The number of carbonyl (C=O) groups excluding carboxylic acids is 1. The molecule has 0 saturated carbocycles. The lowest BCUT2D eigenvalue weighted by Gasteiger charge is -2.33. The molecule has 1 amide bonds. The minimum atomic E-state index is -0.118. The lowest BCUT2D eigenvalue weighted by atomic mass is 10.0. The van der Waals surface area contributed by atoms with Crippen molar-refractivity contribution in [3.63, 3.8) is 0 Å². The summed E-state index contributed by atoms with van der Waals surface area (Å²) < 4.78 is 2.04. The maximum Gasteiger partial charge on any atom is 0.245 e. The van der Waals surface area contributed by atoms with E-state index in [4.69, 9.17) is 9.97 Å². The number of rotatable bonds is 5. The number of hydrogen-bond donors (Lipinski definition) is 0. The van der Waals surface area contributed by atoms with Crippen molar-refractivity contribution in [1.29, 1.82) is 0 Å². The zero-order valence-corrected chi connectivity index (χ0v) is 16.4. The van der Waals surface area contributed by atoms with Gasteiger partial charge in [0.15, 0.2) is 0 Å². The standard InChI is InChI=1S/C21H29N5O/c1-3-8-19(24-10-4-5-11-24)21(27)26-14-9-17-18(15-26)22-16(2)23-20(17)25-12-6-7-13-25/h4-5,10-11,19H,3,6-9,12-15H2,1-2H3/t19-/m1/s1. The number of hydrogen-bond acceptors (Lipinski definition) is 4. The van der Waals surface area contributed by atoms with Crippen LogP contribution in [0.2, 0.25) is 0 Å². The fourth-order valence-electron chi connectivity index (χ4n) is 4.35. The molecule has 27 heavy (non-hydrogen) atoms. The molecule has 2 aromatic heterocycles. The first-order chi connectivity index (χ1) is 13.2. The Kier molecular flexibility index (Phi) is 5.14. The maximum atomic E-state index is 13.3. The second-order valence-corrected chi connectivity index (χ2v) is 7.66. The fraction of sp³-hybridized carbons (Fsp3) is 0.571. The summed E-state index contributed by atoms with van der Waals surface area (Å²) in [5.74, 6) is 2.12. The highest BCUT2D eigenvalue weighted by molar-refractivity contribution is 5.81. The molecule has 2 aromatic rings. The molecule has 0 radical (unpaired) electrons. The highest BCUT2D eigenvalue weighted by atomic mass is 16.2. The molecule has 0 aromatic carbocycles. The number of amides is 1. The molecule has 0 N–H and O–H groups in total. The number of aromatic nitrogens is 3. The predicted octanol–water partition coefficient (Wildman–Crippen LogP) is 3.11. The van der Waals surface area contributed by atoms with Crippen molar-refractivity contribution in [2.24, 2.45) is 0 Å². The van der Waals surface area contributed by atoms with Crippen molar-refractivity contribution in [3.05, 3.63) is 41.6 Å². The molecule has 4 rings (SSSR count). The van der Waals surface area contributed by atoms with Crippen LogP contribution in [0.1, 0.15) is 55.7 Å². The molecule has 6 heteroatoms. The van der Waals surface area contributed by atoms with Crippen LogP contribution in [0.5, 0.6) is 0 Å². The monoisotopic (exact) mass is 367 g/mol. The number of nitrogens with zero attached hydrogens (tertiary/aromatic N) is 5. The van der Waals surface area contributed by atoms with Crippen molar-refractivity contribution in [1.82, 2.24) is 19.4 Å². The van der Waals surface area contributed by atoms with Gasteiger partial charge in [-0.15, -0.1) is 0 Å². The van der Waals surface area contributed by atoms with E-state index in [0.29, 0.717) is 6.54 Å². The topological polar surface area (TPSA) is 54.3 Å². The Morgan fingerprint density at radius 3 is 2.59 bits per heavy atom. The summed E-state index contributed by atoms with van der Waals surface area (Å²) in [5, 5.41) is 0. The fourth-order valence-corrected chi connectivity index (χ4v) is 4.35. The van der Waals surface area contributed by atoms with Crippen molar-refractivity contribution in [2.75, 3.05) is 24.5 Å². The molecule has 144 valence electrons. The lowest BCUT2D eigenvalue weighted by Crippen LogP contribution is -2.41. The summed E-state index contributed by atoms with van der Waals surface area (Å²) in [6, 6.07) is 3.85. The van der Waals surface area contributed by atoms with E-state index >= 15 is 0 Å². The molecule has 6 nitrogen and oxygen atoms in total. The van der Waals surface area contributed by atoms with Gasteiger partial charge in [-0.05, 0) is 44.7 Å². The number of aryl methyl sites for hydroxylation is 1. The van der Waals surface area contributed by atoms with Gasteiger partial charge in [-0.25, -0.2) is 9.97 Å². The van der Waals surface area contributed by atoms with Crippen LogP contribution in [0.25, 0.3) is 0 Å². The van der Waals surface area contributed by atoms with Crippen LogP contribution in [-0.4, -0.2) is 45.0 Å². The molecule has 4 heterocycles. The molecule has 1 saturated heterocycles. The molecule has 2 aliphatic rings. The van der Waals surface area contributed by atoms with Crippen LogP contribution in [0.15, 0.2) is 24.5 Å². The van der Waals surface area contributed by atoms with Crippen LogP contribution < -0.4 is 4.90 Å². The Bertz CT molecular complexity index is 795. The van der Waals surface area contributed by atoms with Crippen LogP contribution >= 0.6 is 0 Å². The first-order valence-electron chi connectivity index (χ1n) is 10.2. The van der Waals surface area contributed by atoms with E-state index in [0.717, 1.165) is 56.2 Å². The molecule has 0 spiro atoms. The number of carbonyl (C=O) groups is 1. The van der Waals surface area contributed by atoms with Gasteiger partial charge in [0, 0.05) is 37.6 Å². The quantitative estimate of drug-likeness (QED) is 0.815. The summed E-state index contributed by atoms with van der Waals surface area (Å²) in [6.45, 7) is 7.60.